The third-order valence-electron chi connectivity index (χ3n) is 4.40. The molecule has 0 radical (unpaired) electrons. The third kappa shape index (κ3) is 5.63. The number of thiocarbonyl (C=S) groups is 1. The van der Waals surface area contributed by atoms with E-state index in [9.17, 15) is 4.39 Å². The molecule has 0 heterocycles. The summed E-state index contributed by atoms with van der Waals surface area (Å²) in [6.45, 7) is 3.42. The van der Waals surface area contributed by atoms with Crippen molar-refractivity contribution in [2.75, 3.05) is 5.32 Å². The zero-order valence-electron chi connectivity index (χ0n) is 15.4. The van der Waals surface area contributed by atoms with Gasteiger partial charge in [0.15, 0.2) is 5.11 Å². The highest BCUT2D eigenvalue weighted by Gasteiger charge is 2.12. The van der Waals surface area contributed by atoms with Gasteiger partial charge in [0, 0.05) is 18.8 Å². The van der Waals surface area contributed by atoms with Crippen molar-refractivity contribution < 1.29 is 4.39 Å². The molecule has 0 aromatic heterocycles. The van der Waals surface area contributed by atoms with Crippen LogP contribution in [-0.2, 0) is 19.5 Å². The van der Waals surface area contributed by atoms with Crippen molar-refractivity contribution in [2.24, 2.45) is 0 Å². The first-order valence-electron chi connectivity index (χ1n) is 9.07. The lowest BCUT2D eigenvalue weighted by Gasteiger charge is -2.26. The summed E-state index contributed by atoms with van der Waals surface area (Å²) in [5.41, 5.74) is 4.44. The maximum Gasteiger partial charge on any atom is 0.174 e. The smallest absolute Gasteiger partial charge is 0.174 e. The molecule has 0 unspecified atom stereocenters. The van der Waals surface area contributed by atoms with Crippen LogP contribution < -0.4 is 5.32 Å². The number of halogens is 1. The van der Waals surface area contributed by atoms with Crippen molar-refractivity contribution in [3.63, 3.8) is 0 Å². The summed E-state index contributed by atoms with van der Waals surface area (Å²) < 4.78 is 13.2. The number of anilines is 1. The second-order valence-electron chi connectivity index (χ2n) is 6.45. The number of hydrogen-bond donors (Lipinski definition) is 1. The third-order valence-corrected chi connectivity index (χ3v) is 4.76. The molecule has 2 nitrogen and oxygen atoms in total. The van der Waals surface area contributed by atoms with Crippen LogP contribution in [0.1, 0.15) is 23.6 Å². The maximum atomic E-state index is 13.2. The molecule has 0 saturated carbocycles. The summed E-state index contributed by atoms with van der Waals surface area (Å²) in [6.07, 6.45) is 1.01. The molecule has 1 N–H and O–H groups in total. The molecule has 3 rings (SSSR count). The van der Waals surface area contributed by atoms with Crippen LogP contribution in [-0.4, -0.2) is 10.0 Å². The zero-order valence-corrected chi connectivity index (χ0v) is 16.2. The van der Waals surface area contributed by atoms with Gasteiger partial charge in [-0.15, -0.1) is 0 Å². The average Bonchev–Trinajstić information content (AvgIpc) is 2.70. The SMILES string of the molecule is CCc1ccc(NC(=S)N(Cc2ccccc2)Cc2ccc(F)cc2)cc1. The molecule has 0 aliphatic rings. The van der Waals surface area contributed by atoms with E-state index in [4.69, 9.17) is 12.2 Å². The normalized spacial score (nSPS) is 10.4. The minimum Gasteiger partial charge on any atom is -0.340 e. The van der Waals surface area contributed by atoms with Crippen LogP contribution in [0.25, 0.3) is 0 Å². The van der Waals surface area contributed by atoms with E-state index in [1.807, 2.05) is 30.3 Å². The number of rotatable bonds is 6. The van der Waals surface area contributed by atoms with Gasteiger partial charge in [0.1, 0.15) is 5.82 Å². The fourth-order valence-corrected chi connectivity index (χ4v) is 3.09. The first-order chi connectivity index (χ1) is 13.1. The number of benzene rings is 3. The number of nitrogens with one attached hydrogen (secondary N) is 1. The Morgan fingerprint density at radius 3 is 1.96 bits per heavy atom. The largest absolute Gasteiger partial charge is 0.340 e. The van der Waals surface area contributed by atoms with Crippen LogP contribution in [0.15, 0.2) is 78.9 Å². The molecule has 138 valence electrons. The topological polar surface area (TPSA) is 15.3 Å². The summed E-state index contributed by atoms with van der Waals surface area (Å²) in [7, 11) is 0. The minimum atomic E-state index is -0.231. The molecule has 4 heteroatoms. The van der Waals surface area contributed by atoms with Crippen molar-refractivity contribution in [1.29, 1.82) is 0 Å². The Labute approximate surface area is 165 Å². The van der Waals surface area contributed by atoms with Crippen molar-refractivity contribution in [3.05, 3.63) is 101 Å². The van der Waals surface area contributed by atoms with Crippen molar-refractivity contribution >= 4 is 23.0 Å². The van der Waals surface area contributed by atoms with Crippen LogP contribution in [0.3, 0.4) is 0 Å². The molecule has 0 amide bonds. The second kappa shape index (κ2) is 9.28. The van der Waals surface area contributed by atoms with E-state index in [1.165, 1.54) is 23.3 Å². The lowest BCUT2D eigenvalue weighted by molar-refractivity contribution is 0.412. The van der Waals surface area contributed by atoms with E-state index in [0.29, 0.717) is 18.2 Å². The number of hydrogen-bond acceptors (Lipinski definition) is 1. The van der Waals surface area contributed by atoms with Gasteiger partial charge < -0.3 is 10.2 Å². The summed E-state index contributed by atoms with van der Waals surface area (Å²) >= 11 is 5.68. The van der Waals surface area contributed by atoms with Gasteiger partial charge in [0.2, 0.25) is 0 Å². The van der Waals surface area contributed by atoms with Crippen LogP contribution in [0.2, 0.25) is 0 Å². The second-order valence-corrected chi connectivity index (χ2v) is 6.84. The van der Waals surface area contributed by atoms with Crippen LogP contribution in [0.5, 0.6) is 0 Å². The van der Waals surface area contributed by atoms with Gasteiger partial charge >= 0.3 is 0 Å². The lowest BCUT2D eigenvalue weighted by Crippen LogP contribution is -2.33. The Morgan fingerprint density at radius 1 is 0.815 bits per heavy atom. The molecular formula is C23H23FN2S. The molecule has 0 saturated heterocycles. The first kappa shape index (κ1) is 19.1. The van der Waals surface area contributed by atoms with Gasteiger partial charge in [-0.05, 0) is 59.6 Å². The van der Waals surface area contributed by atoms with E-state index in [-0.39, 0.29) is 5.82 Å². The Hall–Kier alpha value is -2.72. The zero-order chi connectivity index (χ0) is 19.1. The van der Waals surface area contributed by atoms with Crippen LogP contribution in [0.4, 0.5) is 10.1 Å². The summed E-state index contributed by atoms with van der Waals surface area (Å²) in [5, 5.41) is 3.97. The Bertz CT molecular complexity index is 861. The molecule has 0 fully saturated rings. The molecule has 0 atom stereocenters. The molecule has 3 aromatic carbocycles. The van der Waals surface area contributed by atoms with Gasteiger partial charge in [0.05, 0.1) is 0 Å². The minimum absolute atomic E-state index is 0.231. The molecule has 0 spiro atoms. The molecular weight excluding hydrogens is 355 g/mol. The van der Waals surface area contributed by atoms with Gasteiger partial charge in [-0.1, -0.05) is 61.5 Å². The van der Waals surface area contributed by atoms with E-state index < -0.39 is 0 Å². The monoisotopic (exact) mass is 378 g/mol. The Kier molecular flexibility index (Phi) is 6.55. The van der Waals surface area contributed by atoms with E-state index >= 15 is 0 Å². The standard InChI is InChI=1S/C23H23FN2S/c1-2-18-10-14-22(15-11-18)25-23(27)26(16-19-6-4-3-5-7-19)17-20-8-12-21(24)13-9-20/h3-15H,2,16-17H2,1H3,(H,25,27). The molecule has 0 bridgehead atoms. The summed E-state index contributed by atoms with van der Waals surface area (Å²) in [4.78, 5) is 2.09. The van der Waals surface area contributed by atoms with E-state index in [1.54, 1.807) is 12.1 Å². The van der Waals surface area contributed by atoms with Crippen molar-refractivity contribution in [3.8, 4) is 0 Å². The Morgan fingerprint density at radius 2 is 1.37 bits per heavy atom. The number of aryl methyl sites for hydroxylation is 1. The molecule has 27 heavy (non-hydrogen) atoms. The molecule has 0 aliphatic heterocycles. The fourth-order valence-electron chi connectivity index (χ4n) is 2.84. The maximum absolute atomic E-state index is 13.2. The van der Waals surface area contributed by atoms with Gasteiger partial charge in [-0.3, -0.25) is 0 Å². The summed E-state index contributed by atoms with van der Waals surface area (Å²) in [6, 6.07) is 25.1. The predicted octanol–water partition coefficient (Wildman–Crippen LogP) is 5.79. The molecule has 3 aromatic rings. The van der Waals surface area contributed by atoms with Crippen LogP contribution >= 0.6 is 12.2 Å². The number of nitrogens with zero attached hydrogens (tertiary/aromatic N) is 1. The van der Waals surface area contributed by atoms with Crippen molar-refractivity contribution in [2.45, 2.75) is 26.4 Å². The van der Waals surface area contributed by atoms with E-state index in [0.717, 1.165) is 17.7 Å². The highest BCUT2D eigenvalue weighted by atomic mass is 32.1. The first-order valence-corrected chi connectivity index (χ1v) is 9.48. The van der Waals surface area contributed by atoms with Gasteiger partial charge in [-0.2, -0.15) is 0 Å². The van der Waals surface area contributed by atoms with Gasteiger partial charge in [0.25, 0.3) is 0 Å². The highest BCUT2D eigenvalue weighted by Crippen LogP contribution is 2.15. The van der Waals surface area contributed by atoms with E-state index in [2.05, 4.69) is 41.4 Å². The Balaban J connectivity index is 1.76. The van der Waals surface area contributed by atoms with Crippen molar-refractivity contribution in [1.82, 2.24) is 4.90 Å². The fraction of sp³-hybridized carbons (Fsp3) is 0.174. The van der Waals surface area contributed by atoms with Gasteiger partial charge in [-0.25, -0.2) is 4.39 Å². The highest BCUT2D eigenvalue weighted by molar-refractivity contribution is 7.80. The summed E-state index contributed by atoms with van der Waals surface area (Å²) in [5.74, 6) is -0.231. The predicted molar refractivity (Wildman–Crippen MR) is 114 cm³/mol. The van der Waals surface area contributed by atoms with Crippen LogP contribution in [0, 0.1) is 5.82 Å². The average molecular weight is 379 g/mol. The lowest BCUT2D eigenvalue weighted by atomic mass is 10.1. The quantitative estimate of drug-likeness (QED) is 0.547. The molecule has 0 aliphatic carbocycles.